The first kappa shape index (κ1) is 13.8. The maximum Gasteiger partial charge on any atom is 0.0214 e. The fourth-order valence-corrected chi connectivity index (χ4v) is 3.31. The number of halogens is 1. The molecule has 1 heteroatoms. The van der Waals surface area contributed by atoms with Gasteiger partial charge in [0.15, 0.2) is 0 Å². The van der Waals surface area contributed by atoms with Crippen LogP contribution in [0.4, 0.5) is 0 Å². The molecule has 0 aliphatic heterocycles. The molecule has 2 atom stereocenters. The number of benzene rings is 1. The summed E-state index contributed by atoms with van der Waals surface area (Å²) in [6, 6.07) is 9.14. The Kier molecular flexibility index (Phi) is 6.12. The van der Waals surface area contributed by atoms with Crippen molar-refractivity contribution in [1.29, 1.82) is 0 Å². The lowest BCUT2D eigenvalue weighted by atomic mass is 9.90. The van der Waals surface area contributed by atoms with E-state index in [0.717, 1.165) is 6.42 Å². The van der Waals surface area contributed by atoms with E-state index in [2.05, 4.69) is 61.0 Å². The second-order valence-electron chi connectivity index (χ2n) is 4.41. The van der Waals surface area contributed by atoms with E-state index in [4.69, 9.17) is 0 Å². The van der Waals surface area contributed by atoms with Crippen LogP contribution in [0.2, 0.25) is 0 Å². The van der Waals surface area contributed by atoms with Gasteiger partial charge in [0, 0.05) is 4.83 Å². The summed E-state index contributed by atoms with van der Waals surface area (Å²) in [6.45, 7) is 6.74. The Morgan fingerprint density at radius 2 is 1.69 bits per heavy atom. The third-order valence-electron chi connectivity index (χ3n) is 3.26. The Bertz CT molecular complexity index is 289. The summed E-state index contributed by atoms with van der Waals surface area (Å²) in [5.74, 6) is 0.658. The molecule has 0 radical (unpaired) electrons. The molecule has 16 heavy (non-hydrogen) atoms. The minimum atomic E-state index is 0.620. The predicted molar refractivity (Wildman–Crippen MR) is 76.5 cm³/mol. The van der Waals surface area contributed by atoms with Crippen LogP contribution in [0.25, 0.3) is 0 Å². The summed E-state index contributed by atoms with van der Waals surface area (Å²) in [7, 11) is 0. The van der Waals surface area contributed by atoms with E-state index in [9.17, 15) is 0 Å². The van der Waals surface area contributed by atoms with Crippen LogP contribution in [-0.2, 0) is 6.42 Å². The minimum absolute atomic E-state index is 0.620. The van der Waals surface area contributed by atoms with E-state index >= 15 is 0 Å². The van der Waals surface area contributed by atoms with Gasteiger partial charge in [-0.25, -0.2) is 0 Å². The summed E-state index contributed by atoms with van der Waals surface area (Å²) in [5.41, 5.74) is 2.91. The van der Waals surface area contributed by atoms with Crippen molar-refractivity contribution in [2.45, 2.75) is 57.2 Å². The van der Waals surface area contributed by atoms with Gasteiger partial charge in [-0.1, -0.05) is 67.4 Å². The molecule has 0 spiro atoms. The zero-order chi connectivity index (χ0) is 12.0. The van der Waals surface area contributed by atoms with Gasteiger partial charge in [-0.3, -0.25) is 0 Å². The van der Waals surface area contributed by atoms with Crippen LogP contribution in [0.1, 0.15) is 57.1 Å². The van der Waals surface area contributed by atoms with Gasteiger partial charge in [-0.05, 0) is 36.3 Å². The maximum atomic E-state index is 3.84. The summed E-state index contributed by atoms with van der Waals surface area (Å²) in [6.07, 6.45) is 4.85. The van der Waals surface area contributed by atoms with Crippen molar-refractivity contribution >= 4 is 15.9 Å². The van der Waals surface area contributed by atoms with Crippen LogP contribution in [0.5, 0.6) is 0 Å². The third kappa shape index (κ3) is 3.62. The van der Waals surface area contributed by atoms with E-state index < -0.39 is 0 Å². The zero-order valence-electron chi connectivity index (χ0n) is 10.7. The maximum absolute atomic E-state index is 3.84. The Balaban J connectivity index is 2.78. The summed E-state index contributed by atoms with van der Waals surface area (Å²) in [5, 5.41) is 0. The van der Waals surface area contributed by atoms with Crippen LogP contribution in [0.3, 0.4) is 0 Å². The number of hydrogen-bond donors (Lipinski definition) is 0. The SMILES string of the molecule is CCCC(Br)C(CC)c1ccc(CC)cc1. The largest absolute Gasteiger partial charge is 0.0884 e. The molecule has 90 valence electrons. The van der Waals surface area contributed by atoms with E-state index in [0.29, 0.717) is 10.7 Å². The molecule has 0 N–H and O–H groups in total. The smallest absolute Gasteiger partial charge is 0.0214 e. The highest BCUT2D eigenvalue weighted by atomic mass is 79.9. The van der Waals surface area contributed by atoms with Crippen molar-refractivity contribution in [3.63, 3.8) is 0 Å². The van der Waals surface area contributed by atoms with Gasteiger partial charge in [-0.15, -0.1) is 0 Å². The number of hydrogen-bond acceptors (Lipinski definition) is 0. The average molecular weight is 283 g/mol. The summed E-state index contributed by atoms with van der Waals surface area (Å²) in [4.78, 5) is 0.620. The van der Waals surface area contributed by atoms with Crippen LogP contribution in [0.15, 0.2) is 24.3 Å². The lowest BCUT2D eigenvalue weighted by Crippen LogP contribution is -2.11. The molecule has 0 saturated carbocycles. The lowest BCUT2D eigenvalue weighted by Gasteiger charge is -2.21. The number of alkyl halides is 1. The number of aryl methyl sites for hydroxylation is 1. The normalized spacial score (nSPS) is 14.8. The van der Waals surface area contributed by atoms with Crippen LogP contribution < -0.4 is 0 Å². The first-order valence-electron chi connectivity index (χ1n) is 6.45. The van der Waals surface area contributed by atoms with Gasteiger partial charge in [0.25, 0.3) is 0 Å². The van der Waals surface area contributed by atoms with E-state index in [1.807, 2.05) is 0 Å². The highest BCUT2D eigenvalue weighted by Gasteiger charge is 2.17. The van der Waals surface area contributed by atoms with Crippen LogP contribution in [0, 0.1) is 0 Å². The van der Waals surface area contributed by atoms with Crippen molar-refractivity contribution in [3.8, 4) is 0 Å². The van der Waals surface area contributed by atoms with Crippen LogP contribution in [-0.4, -0.2) is 4.83 Å². The van der Waals surface area contributed by atoms with Gasteiger partial charge < -0.3 is 0 Å². The Morgan fingerprint density at radius 3 is 2.12 bits per heavy atom. The lowest BCUT2D eigenvalue weighted by molar-refractivity contribution is 0.593. The second-order valence-corrected chi connectivity index (χ2v) is 5.59. The van der Waals surface area contributed by atoms with E-state index in [-0.39, 0.29) is 0 Å². The van der Waals surface area contributed by atoms with Crippen molar-refractivity contribution < 1.29 is 0 Å². The van der Waals surface area contributed by atoms with Gasteiger partial charge in [0.1, 0.15) is 0 Å². The van der Waals surface area contributed by atoms with Gasteiger partial charge >= 0.3 is 0 Å². The molecule has 1 rings (SSSR count). The molecule has 1 aromatic carbocycles. The van der Waals surface area contributed by atoms with Crippen molar-refractivity contribution in [1.82, 2.24) is 0 Å². The van der Waals surface area contributed by atoms with Gasteiger partial charge in [0.2, 0.25) is 0 Å². The molecule has 0 fully saturated rings. The summed E-state index contributed by atoms with van der Waals surface area (Å²) >= 11 is 3.84. The second kappa shape index (κ2) is 7.11. The summed E-state index contributed by atoms with van der Waals surface area (Å²) < 4.78 is 0. The highest BCUT2D eigenvalue weighted by molar-refractivity contribution is 9.09. The first-order valence-corrected chi connectivity index (χ1v) is 7.37. The molecule has 0 aliphatic carbocycles. The molecule has 0 heterocycles. The highest BCUT2D eigenvalue weighted by Crippen LogP contribution is 2.31. The van der Waals surface area contributed by atoms with E-state index in [1.54, 1.807) is 0 Å². The first-order chi connectivity index (χ1) is 7.72. The zero-order valence-corrected chi connectivity index (χ0v) is 12.3. The van der Waals surface area contributed by atoms with Gasteiger partial charge in [0.05, 0.1) is 0 Å². The van der Waals surface area contributed by atoms with Crippen molar-refractivity contribution in [2.75, 3.05) is 0 Å². The third-order valence-corrected chi connectivity index (χ3v) is 4.35. The topological polar surface area (TPSA) is 0 Å². The minimum Gasteiger partial charge on any atom is -0.0884 e. The Morgan fingerprint density at radius 1 is 1.06 bits per heavy atom. The molecule has 0 nitrogen and oxygen atoms in total. The molecule has 2 unspecified atom stereocenters. The average Bonchev–Trinajstić information content (AvgIpc) is 2.31. The monoisotopic (exact) mass is 282 g/mol. The number of rotatable bonds is 6. The Hall–Kier alpha value is -0.300. The molecule has 0 aliphatic rings. The van der Waals surface area contributed by atoms with Gasteiger partial charge in [-0.2, -0.15) is 0 Å². The van der Waals surface area contributed by atoms with Crippen molar-refractivity contribution in [3.05, 3.63) is 35.4 Å². The molecule has 0 aromatic heterocycles. The molecule has 0 amide bonds. The predicted octanol–water partition coefficient (Wildman–Crippen LogP) is 5.31. The van der Waals surface area contributed by atoms with E-state index in [1.165, 1.54) is 30.4 Å². The quantitative estimate of drug-likeness (QED) is 0.621. The molecular formula is C15H23Br. The molecule has 0 bridgehead atoms. The standard InChI is InChI=1S/C15H23Br/c1-4-7-15(16)14(6-3)13-10-8-12(5-2)9-11-13/h8-11,14-15H,4-7H2,1-3H3. The molecular weight excluding hydrogens is 260 g/mol. The molecule has 0 saturated heterocycles. The fourth-order valence-electron chi connectivity index (χ4n) is 2.18. The fraction of sp³-hybridized carbons (Fsp3) is 0.600. The van der Waals surface area contributed by atoms with Crippen molar-refractivity contribution in [2.24, 2.45) is 0 Å². The van der Waals surface area contributed by atoms with Crippen LogP contribution >= 0.6 is 15.9 Å². The Labute approximate surface area is 109 Å². The molecule has 1 aromatic rings.